The third-order valence-electron chi connectivity index (χ3n) is 8.08. The van der Waals surface area contributed by atoms with Crippen LogP contribution in [0, 0.1) is 0 Å². The number of hydrogen-bond acceptors (Lipinski definition) is 4. The fraction of sp³-hybridized carbons (Fsp3) is 0. The molecule has 42 heavy (non-hydrogen) atoms. The molecule has 0 saturated carbocycles. The number of furan rings is 1. The van der Waals surface area contributed by atoms with E-state index in [1.807, 2.05) is 72.8 Å². The smallest absolute Gasteiger partial charge is 0.160 e. The Morgan fingerprint density at radius 3 is 2.07 bits per heavy atom. The second kappa shape index (κ2) is 8.88. The highest BCUT2D eigenvalue weighted by Gasteiger charge is 2.21. The molecule has 4 heteroatoms. The number of benzene rings is 6. The van der Waals surface area contributed by atoms with E-state index in [1.54, 1.807) is 0 Å². The van der Waals surface area contributed by atoms with Gasteiger partial charge in [0.05, 0.1) is 11.4 Å². The molecule has 0 amide bonds. The summed E-state index contributed by atoms with van der Waals surface area (Å²) in [5.41, 5.74) is 8.66. The lowest BCUT2D eigenvalue weighted by Gasteiger charge is -2.22. The molecule has 0 saturated heterocycles. The molecule has 6 aromatic carbocycles. The molecule has 0 fully saturated rings. The van der Waals surface area contributed by atoms with Crippen LogP contribution >= 0.6 is 0 Å². The van der Waals surface area contributed by atoms with Crippen molar-refractivity contribution >= 4 is 32.7 Å². The van der Waals surface area contributed by atoms with Crippen molar-refractivity contribution in [1.29, 1.82) is 0 Å². The fourth-order valence-corrected chi connectivity index (χ4v) is 6.07. The van der Waals surface area contributed by atoms with E-state index in [-0.39, 0.29) is 0 Å². The molecule has 0 N–H and O–H groups in total. The first kappa shape index (κ1) is 23.0. The lowest BCUT2D eigenvalue weighted by Crippen LogP contribution is -1.99. The third-order valence-corrected chi connectivity index (χ3v) is 8.08. The van der Waals surface area contributed by atoms with Gasteiger partial charge < -0.3 is 9.15 Å². The maximum atomic E-state index is 6.35. The summed E-state index contributed by atoms with van der Waals surface area (Å²) in [4.78, 5) is 10.1. The zero-order chi connectivity index (χ0) is 27.6. The average Bonchev–Trinajstić information content (AvgIpc) is 3.43. The monoisotopic (exact) mass is 538 g/mol. The highest BCUT2D eigenvalue weighted by atomic mass is 16.5. The van der Waals surface area contributed by atoms with Gasteiger partial charge in [-0.1, -0.05) is 78.9 Å². The summed E-state index contributed by atoms with van der Waals surface area (Å²) in [6.45, 7) is 0. The minimum Gasteiger partial charge on any atom is -0.456 e. The van der Waals surface area contributed by atoms with Gasteiger partial charge in [0, 0.05) is 38.4 Å². The average molecular weight is 539 g/mol. The normalized spacial score (nSPS) is 12.0. The van der Waals surface area contributed by atoms with Crippen molar-refractivity contribution < 1.29 is 9.15 Å². The molecule has 196 valence electrons. The molecule has 0 radical (unpaired) electrons. The van der Waals surface area contributed by atoms with Crippen LogP contribution in [0.2, 0.25) is 0 Å². The van der Waals surface area contributed by atoms with Crippen molar-refractivity contribution in [2.75, 3.05) is 0 Å². The SMILES string of the molecule is c1ccc(-c2nc(-c3ccc4c(c3)-c3cccc5cccc(c35)O4)cc(-c3ccc4oc5ccccc5c4c3)n2)cc1. The van der Waals surface area contributed by atoms with Crippen LogP contribution in [0.3, 0.4) is 0 Å². The van der Waals surface area contributed by atoms with Crippen molar-refractivity contribution in [3.8, 4) is 56.5 Å². The van der Waals surface area contributed by atoms with Crippen molar-refractivity contribution in [3.63, 3.8) is 0 Å². The molecule has 0 bridgehead atoms. The molecular formula is C38H22N2O2. The summed E-state index contributed by atoms with van der Waals surface area (Å²) in [7, 11) is 0. The standard InChI is InChI=1S/C38H22N2O2/c1-2-8-24(9-3-1)38-39-31(25-16-18-34-29(20-25)27-12-4-5-14-33(27)41-34)22-32(40-38)26-17-19-35-30(21-26)28-13-6-10-23-11-7-15-36(42-35)37(23)28/h1-22H. The molecule has 3 heterocycles. The van der Waals surface area contributed by atoms with E-state index in [1.165, 1.54) is 10.9 Å². The largest absolute Gasteiger partial charge is 0.456 e. The number of fused-ring (bicyclic) bond motifs is 5. The zero-order valence-electron chi connectivity index (χ0n) is 22.4. The van der Waals surface area contributed by atoms with Gasteiger partial charge in [0.15, 0.2) is 5.82 Å². The van der Waals surface area contributed by atoms with Crippen molar-refractivity contribution in [3.05, 3.63) is 133 Å². The van der Waals surface area contributed by atoms with E-state index in [2.05, 4.69) is 60.7 Å². The number of aromatic nitrogens is 2. The predicted octanol–water partition coefficient (Wildman–Crippen LogP) is 10.3. The van der Waals surface area contributed by atoms with E-state index < -0.39 is 0 Å². The summed E-state index contributed by atoms with van der Waals surface area (Å²) < 4.78 is 12.4. The number of ether oxygens (including phenoxy) is 1. The van der Waals surface area contributed by atoms with Crippen LogP contribution in [-0.2, 0) is 0 Å². The van der Waals surface area contributed by atoms with Gasteiger partial charge in [0.1, 0.15) is 22.7 Å². The lowest BCUT2D eigenvalue weighted by atomic mass is 9.93. The van der Waals surface area contributed by atoms with E-state index >= 15 is 0 Å². The number of nitrogens with zero attached hydrogens (tertiary/aromatic N) is 2. The Bertz CT molecular complexity index is 2330. The Morgan fingerprint density at radius 1 is 0.452 bits per heavy atom. The van der Waals surface area contributed by atoms with E-state index in [0.717, 1.165) is 72.5 Å². The van der Waals surface area contributed by atoms with Gasteiger partial charge in [0.25, 0.3) is 0 Å². The quantitative estimate of drug-likeness (QED) is 0.224. The van der Waals surface area contributed by atoms with Crippen LogP contribution in [0.4, 0.5) is 0 Å². The molecule has 0 aliphatic carbocycles. The molecule has 0 unspecified atom stereocenters. The Hall–Kier alpha value is -5.74. The van der Waals surface area contributed by atoms with Gasteiger partial charge in [-0.15, -0.1) is 0 Å². The molecule has 0 atom stereocenters. The highest BCUT2D eigenvalue weighted by Crippen LogP contribution is 2.47. The Balaban J connectivity index is 1.24. The van der Waals surface area contributed by atoms with E-state index in [9.17, 15) is 0 Å². The minimum atomic E-state index is 0.682. The summed E-state index contributed by atoms with van der Waals surface area (Å²) in [5.74, 6) is 2.42. The predicted molar refractivity (Wildman–Crippen MR) is 169 cm³/mol. The molecule has 0 spiro atoms. The molecule has 2 aromatic heterocycles. The maximum absolute atomic E-state index is 6.35. The van der Waals surface area contributed by atoms with Crippen LogP contribution in [0.5, 0.6) is 11.5 Å². The second-order valence-corrected chi connectivity index (χ2v) is 10.6. The Morgan fingerprint density at radius 2 is 1.19 bits per heavy atom. The van der Waals surface area contributed by atoms with Gasteiger partial charge in [-0.05, 0) is 65.5 Å². The molecule has 1 aliphatic heterocycles. The third kappa shape index (κ3) is 3.55. The van der Waals surface area contributed by atoms with Gasteiger partial charge >= 0.3 is 0 Å². The second-order valence-electron chi connectivity index (χ2n) is 10.6. The molecule has 8 aromatic rings. The van der Waals surface area contributed by atoms with Gasteiger partial charge in [-0.25, -0.2) is 9.97 Å². The fourth-order valence-electron chi connectivity index (χ4n) is 6.07. The summed E-state index contributed by atoms with van der Waals surface area (Å²) in [6, 6.07) is 45.6. The van der Waals surface area contributed by atoms with E-state index in [4.69, 9.17) is 19.1 Å². The van der Waals surface area contributed by atoms with Crippen LogP contribution in [0.15, 0.2) is 138 Å². The summed E-state index contributed by atoms with van der Waals surface area (Å²) in [6.07, 6.45) is 0. The van der Waals surface area contributed by atoms with Gasteiger partial charge in [-0.2, -0.15) is 0 Å². The Kier molecular flexibility index (Phi) is 4.87. The number of hydrogen-bond donors (Lipinski definition) is 0. The zero-order valence-corrected chi connectivity index (χ0v) is 22.4. The Labute approximate surface area is 241 Å². The first-order chi connectivity index (χ1) is 20.8. The summed E-state index contributed by atoms with van der Waals surface area (Å²) >= 11 is 0. The molecule has 9 rings (SSSR count). The summed E-state index contributed by atoms with van der Waals surface area (Å²) in [5, 5.41) is 4.47. The number of para-hydroxylation sites is 1. The van der Waals surface area contributed by atoms with Crippen LogP contribution in [0.25, 0.3) is 77.7 Å². The molecule has 1 aliphatic rings. The molecular weight excluding hydrogens is 516 g/mol. The van der Waals surface area contributed by atoms with E-state index in [0.29, 0.717) is 5.82 Å². The van der Waals surface area contributed by atoms with Crippen LogP contribution in [0.1, 0.15) is 0 Å². The number of rotatable bonds is 3. The minimum absolute atomic E-state index is 0.682. The topological polar surface area (TPSA) is 48.2 Å². The van der Waals surface area contributed by atoms with Crippen molar-refractivity contribution in [2.45, 2.75) is 0 Å². The van der Waals surface area contributed by atoms with Crippen molar-refractivity contribution in [2.24, 2.45) is 0 Å². The van der Waals surface area contributed by atoms with Gasteiger partial charge in [0.2, 0.25) is 0 Å². The first-order valence-electron chi connectivity index (χ1n) is 14.0. The maximum Gasteiger partial charge on any atom is 0.160 e. The van der Waals surface area contributed by atoms with Crippen LogP contribution < -0.4 is 4.74 Å². The highest BCUT2D eigenvalue weighted by molar-refractivity contribution is 6.06. The van der Waals surface area contributed by atoms with Crippen LogP contribution in [-0.4, -0.2) is 9.97 Å². The lowest BCUT2D eigenvalue weighted by molar-refractivity contribution is 0.487. The van der Waals surface area contributed by atoms with Crippen molar-refractivity contribution in [1.82, 2.24) is 9.97 Å². The molecule has 4 nitrogen and oxygen atoms in total. The van der Waals surface area contributed by atoms with Gasteiger partial charge in [-0.3, -0.25) is 0 Å². The first-order valence-corrected chi connectivity index (χ1v) is 14.0.